The Morgan fingerprint density at radius 3 is 2.44 bits per heavy atom. The zero-order chi connectivity index (χ0) is 13.4. The number of carbonyl (C=O) groups is 2. The van der Waals surface area contributed by atoms with Crippen molar-refractivity contribution in [1.82, 2.24) is 10.6 Å². The molecule has 0 spiro atoms. The van der Waals surface area contributed by atoms with Crippen molar-refractivity contribution < 1.29 is 14.7 Å². The van der Waals surface area contributed by atoms with Crippen LogP contribution in [-0.4, -0.2) is 36.1 Å². The summed E-state index contributed by atoms with van der Waals surface area (Å²) in [5.74, 6) is -1.01. The van der Waals surface area contributed by atoms with Gasteiger partial charge >= 0.3 is 5.97 Å². The van der Waals surface area contributed by atoms with Gasteiger partial charge in [0.15, 0.2) is 0 Å². The van der Waals surface area contributed by atoms with E-state index >= 15 is 0 Å². The van der Waals surface area contributed by atoms with Crippen LogP contribution in [0, 0.1) is 0 Å². The van der Waals surface area contributed by atoms with E-state index < -0.39 is 12.0 Å². The first-order valence-corrected chi connectivity index (χ1v) is 5.84. The fourth-order valence-electron chi connectivity index (χ4n) is 1.58. The van der Waals surface area contributed by atoms with Gasteiger partial charge in [0, 0.05) is 20.0 Å². The van der Waals surface area contributed by atoms with Crippen molar-refractivity contribution in [3.05, 3.63) is 35.9 Å². The molecule has 0 aromatic heterocycles. The van der Waals surface area contributed by atoms with Crippen molar-refractivity contribution in [2.45, 2.75) is 19.4 Å². The molecule has 1 amide bonds. The lowest BCUT2D eigenvalue weighted by molar-refractivity contribution is -0.139. The van der Waals surface area contributed by atoms with Gasteiger partial charge in [-0.25, -0.2) is 0 Å². The number of rotatable bonds is 7. The highest BCUT2D eigenvalue weighted by molar-refractivity contribution is 5.74. The maximum atomic E-state index is 11.1. The third-order valence-corrected chi connectivity index (χ3v) is 2.47. The van der Waals surface area contributed by atoms with Crippen LogP contribution in [0.1, 0.15) is 12.5 Å². The van der Waals surface area contributed by atoms with Crippen molar-refractivity contribution in [3.63, 3.8) is 0 Å². The highest BCUT2D eigenvalue weighted by Crippen LogP contribution is 2.03. The highest BCUT2D eigenvalue weighted by atomic mass is 16.4. The third kappa shape index (κ3) is 5.45. The fourth-order valence-corrected chi connectivity index (χ4v) is 1.58. The minimum absolute atomic E-state index is 0.119. The molecule has 1 atom stereocenters. The zero-order valence-electron chi connectivity index (χ0n) is 10.3. The van der Waals surface area contributed by atoms with Gasteiger partial charge in [0.2, 0.25) is 5.91 Å². The Bertz CT molecular complexity index is 392. The summed E-state index contributed by atoms with van der Waals surface area (Å²) in [6, 6.07) is 8.80. The normalized spacial score (nSPS) is 11.8. The summed E-state index contributed by atoms with van der Waals surface area (Å²) >= 11 is 0. The second kappa shape index (κ2) is 7.45. The second-order valence-corrected chi connectivity index (χ2v) is 4.02. The van der Waals surface area contributed by atoms with Crippen molar-refractivity contribution in [2.24, 2.45) is 0 Å². The van der Waals surface area contributed by atoms with E-state index in [0.29, 0.717) is 19.5 Å². The van der Waals surface area contributed by atoms with E-state index in [2.05, 4.69) is 10.6 Å². The lowest BCUT2D eigenvalue weighted by Crippen LogP contribution is -2.42. The molecular formula is C13H18N2O3. The summed E-state index contributed by atoms with van der Waals surface area (Å²) in [5.41, 5.74) is 0.969. The molecule has 98 valence electrons. The average Bonchev–Trinajstić information content (AvgIpc) is 2.33. The monoisotopic (exact) mass is 250 g/mol. The van der Waals surface area contributed by atoms with Gasteiger partial charge in [-0.15, -0.1) is 0 Å². The molecule has 3 N–H and O–H groups in total. The quantitative estimate of drug-likeness (QED) is 0.612. The van der Waals surface area contributed by atoms with Crippen LogP contribution in [0.4, 0.5) is 0 Å². The van der Waals surface area contributed by atoms with Crippen LogP contribution in [0.25, 0.3) is 0 Å². The van der Waals surface area contributed by atoms with Crippen LogP contribution >= 0.6 is 0 Å². The predicted molar refractivity (Wildman–Crippen MR) is 68.3 cm³/mol. The molecule has 1 rings (SSSR count). The van der Waals surface area contributed by atoms with E-state index in [-0.39, 0.29) is 5.91 Å². The van der Waals surface area contributed by atoms with E-state index in [0.717, 1.165) is 5.56 Å². The Balaban J connectivity index is 2.41. The molecule has 5 heteroatoms. The lowest BCUT2D eigenvalue weighted by atomic mass is 10.1. The summed E-state index contributed by atoms with van der Waals surface area (Å²) in [6.07, 6.45) is 0.427. The van der Waals surface area contributed by atoms with E-state index in [9.17, 15) is 9.59 Å². The van der Waals surface area contributed by atoms with Crippen LogP contribution in [0.2, 0.25) is 0 Å². The van der Waals surface area contributed by atoms with Crippen LogP contribution < -0.4 is 10.6 Å². The van der Waals surface area contributed by atoms with E-state index in [4.69, 9.17) is 5.11 Å². The first-order chi connectivity index (χ1) is 8.59. The van der Waals surface area contributed by atoms with Crippen molar-refractivity contribution >= 4 is 11.9 Å². The fraction of sp³-hybridized carbons (Fsp3) is 0.385. The third-order valence-electron chi connectivity index (χ3n) is 2.47. The van der Waals surface area contributed by atoms with Gasteiger partial charge in [0.25, 0.3) is 0 Å². The number of carbonyl (C=O) groups excluding carboxylic acids is 1. The molecule has 1 aromatic rings. The first kappa shape index (κ1) is 14.2. The number of carboxylic acid groups (broad SMARTS) is 1. The maximum absolute atomic E-state index is 11.1. The molecule has 0 saturated carbocycles. The smallest absolute Gasteiger partial charge is 0.321 e. The number of nitrogens with one attached hydrogen (secondary N) is 2. The molecule has 1 unspecified atom stereocenters. The average molecular weight is 250 g/mol. The highest BCUT2D eigenvalue weighted by Gasteiger charge is 2.16. The van der Waals surface area contributed by atoms with Crippen molar-refractivity contribution in [3.8, 4) is 0 Å². The van der Waals surface area contributed by atoms with Gasteiger partial charge < -0.3 is 15.7 Å². The summed E-state index contributed by atoms with van der Waals surface area (Å²) in [5, 5.41) is 14.6. The summed E-state index contributed by atoms with van der Waals surface area (Å²) < 4.78 is 0. The molecule has 0 bridgehead atoms. The molecule has 0 aliphatic heterocycles. The van der Waals surface area contributed by atoms with Gasteiger partial charge in [-0.1, -0.05) is 30.3 Å². The summed E-state index contributed by atoms with van der Waals surface area (Å²) in [6.45, 7) is 2.29. The zero-order valence-corrected chi connectivity index (χ0v) is 10.3. The van der Waals surface area contributed by atoms with Gasteiger partial charge in [0.05, 0.1) is 0 Å². The Hall–Kier alpha value is -1.88. The van der Waals surface area contributed by atoms with Crippen LogP contribution in [-0.2, 0) is 16.0 Å². The molecule has 0 fully saturated rings. The topological polar surface area (TPSA) is 78.4 Å². The Kier molecular flexibility index (Phi) is 5.87. The standard InChI is InChI=1S/C13H18N2O3/c1-10(16)14-7-8-15-12(13(17)18)9-11-5-3-2-4-6-11/h2-6,12,15H,7-9H2,1H3,(H,14,16)(H,17,18). The van der Waals surface area contributed by atoms with Crippen LogP contribution in [0.15, 0.2) is 30.3 Å². The van der Waals surface area contributed by atoms with Crippen molar-refractivity contribution in [2.75, 3.05) is 13.1 Å². The largest absolute Gasteiger partial charge is 0.480 e. The Labute approximate surface area is 106 Å². The molecule has 0 radical (unpaired) electrons. The number of hydrogen-bond acceptors (Lipinski definition) is 3. The molecule has 0 aliphatic carbocycles. The molecule has 1 aromatic carbocycles. The molecule has 0 aliphatic rings. The van der Waals surface area contributed by atoms with Crippen molar-refractivity contribution in [1.29, 1.82) is 0 Å². The number of carboxylic acids is 1. The first-order valence-electron chi connectivity index (χ1n) is 5.84. The maximum Gasteiger partial charge on any atom is 0.321 e. The minimum atomic E-state index is -0.887. The predicted octanol–water partition coefficient (Wildman–Crippen LogP) is 0.408. The number of aliphatic carboxylic acids is 1. The molecule has 0 saturated heterocycles. The minimum Gasteiger partial charge on any atom is -0.480 e. The van der Waals surface area contributed by atoms with Gasteiger partial charge in [0.1, 0.15) is 6.04 Å². The number of amides is 1. The number of hydrogen-bond donors (Lipinski definition) is 3. The molecule has 0 heterocycles. The Morgan fingerprint density at radius 1 is 1.22 bits per heavy atom. The Morgan fingerprint density at radius 2 is 1.89 bits per heavy atom. The summed E-state index contributed by atoms with van der Waals surface area (Å²) in [7, 11) is 0. The SMILES string of the molecule is CC(=O)NCCNC(Cc1ccccc1)C(=O)O. The molecule has 5 nitrogen and oxygen atoms in total. The lowest BCUT2D eigenvalue weighted by Gasteiger charge is -2.14. The second-order valence-electron chi connectivity index (χ2n) is 4.02. The van der Waals surface area contributed by atoms with Gasteiger partial charge in [-0.2, -0.15) is 0 Å². The number of benzene rings is 1. The summed E-state index contributed by atoms with van der Waals surface area (Å²) in [4.78, 5) is 21.7. The van der Waals surface area contributed by atoms with Gasteiger partial charge in [-0.3, -0.25) is 9.59 Å². The molecular weight excluding hydrogens is 232 g/mol. The van der Waals surface area contributed by atoms with Gasteiger partial charge in [-0.05, 0) is 12.0 Å². The van der Waals surface area contributed by atoms with Crippen LogP contribution in [0.3, 0.4) is 0 Å². The van der Waals surface area contributed by atoms with E-state index in [1.165, 1.54) is 6.92 Å². The van der Waals surface area contributed by atoms with E-state index in [1.807, 2.05) is 30.3 Å². The molecule has 18 heavy (non-hydrogen) atoms. The van der Waals surface area contributed by atoms with Crippen LogP contribution in [0.5, 0.6) is 0 Å². The van der Waals surface area contributed by atoms with E-state index in [1.54, 1.807) is 0 Å².